The first-order chi connectivity index (χ1) is 24.7. The van der Waals surface area contributed by atoms with Crippen LogP contribution in [0.4, 0.5) is 0 Å². The lowest BCUT2D eigenvalue weighted by molar-refractivity contribution is 0.669. The summed E-state index contributed by atoms with van der Waals surface area (Å²) in [5, 5.41) is 30.0. The van der Waals surface area contributed by atoms with E-state index in [1.165, 1.54) is 0 Å². The van der Waals surface area contributed by atoms with Crippen molar-refractivity contribution in [1.29, 1.82) is 10.5 Å². The van der Waals surface area contributed by atoms with Gasteiger partial charge in [0.05, 0.1) is 39.0 Å². The molecule has 6 heteroatoms. The number of hydrogen-bond donors (Lipinski definition) is 0. The fourth-order valence-corrected chi connectivity index (χ4v) is 8.07. The van der Waals surface area contributed by atoms with Gasteiger partial charge in [-0.2, -0.15) is 10.5 Å². The molecular weight excluding hydrogens is 617 g/mol. The first kappa shape index (κ1) is 26.8. The Morgan fingerprint density at radius 1 is 0.400 bits per heavy atom. The molecule has 0 fully saturated rings. The summed E-state index contributed by atoms with van der Waals surface area (Å²) in [7, 11) is 0. The fourth-order valence-electron chi connectivity index (χ4n) is 8.07. The number of para-hydroxylation sites is 4. The first-order valence-corrected chi connectivity index (χ1v) is 16.4. The Balaban J connectivity index is 1.28. The summed E-state index contributed by atoms with van der Waals surface area (Å²) in [5.41, 5.74) is 8.78. The molecule has 0 amide bonds. The van der Waals surface area contributed by atoms with E-state index >= 15 is 0 Å². The fraction of sp³-hybridized carbons (Fsp3) is 0. The lowest BCUT2D eigenvalue weighted by Gasteiger charge is -2.17. The van der Waals surface area contributed by atoms with Crippen molar-refractivity contribution in [1.82, 2.24) is 9.13 Å². The number of fused-ring (bicyclic) bond motifs is 12. The van der Waals surface area contributed by atoms with E-state index in [2.05, 4.69) is 69.8 Å². The number of nitrogens with zero attached hydrogens (tertiary/aromatic N) is 4. The molecule has 4 aromatic heterocycles. The topological polar surface area (TPSA) is 83.7 Å². The summed E-state index contributed by atoms with van der Waals surface area (Å²) in [6, 6.07) is 49.6. The van der Waals surface area contributed by atoms with Crippen LogP contribution in [0, 0.1) is 22.7 Å². The molecule has 50 heavy (non-hydrogen) atoms. The molecular formula is C44H22N4O2. The first-order valence-electron chi connectivity index (χ1n) is 16.4. The van der Waals surface area contributed by atoms with E-state index in [9.17, 15) is 10.5 Å². The molecule has 230 valence electrons. The summed E-state index contributed by atoms with van der Waals surface area (Å²) < 4.78 is 16.9. The van der Waals surface area contributed by atoms with Crippen LogP contribution in [0.3, 0.4) is 0 Å². The molecule has 0 aliphatic rings. The van der Waals surface area contributed by atoms with Crippen molar-refractivity contribution < 1.29 is 8.83 Å². The highest BCUT2D eigenvalue weighted by atomic mass is 16.3. The third-order valence-corrected chi connectivity index (χ3v) is 10.2. The molecule has 0 saturated carbocycles. The molecule has 0 radical (unpaired) electrons. The number of furan rings is 2. The minimum absolute atomic E-state index is 0.392. The second-order valence-electron chi connectivity index (χ2n) is 12.7. The maximum Gasteiger partial charge on any atom is 0.137 e. The zero-order valence-electron chi connectivity index (χ0n) is 26.3. The van der Waals surface area contributed by atoms with Crippen molar-refractivity contribution in [2.24, 2.45) is 0 Å². The van der Waals surface area contributed by atoms with Crippen LogP contribution in [0.2, 0.25) is 0 Å². The highest BCUT2D eigenvalue weighted by Crippen LogP contribution is 2.43. The van der Waals surface area contributed by atoms with Crippen molar-refractivity contribution in [3.05, 3.63) is 145 Å². The van der Waals surface area contributed by atoms with Crippen LogP contribution >= 0.6 is 0 Å². The molecule has 6 nitrogen and oxygen atoms in total. The van der Waals surface area contributed by atoms with Crippen LogP contribution in [0.15, 0.2) is 142 Å². The van der Waals surface area contributed by atoms with E-state index in [-0.39, 0.29) is 0 Å². The van der Waals surface area contributed by atoms with Gasteiger partial charge in [0.25, 0.3) is 0 Å². The van der Waals surface area contributed by atoms with Crippen molar-refractivity contribution in [3.63, 3.8) is 0 Å². The molecule has 0 spiro atoms. The maximum atomic E-state index is 11.1. The summed E-state index contributed by atoms with van der Waals surface area (Å²) in [6.45, 7) is 0. The molecule has 0 atom stereocenters. The molecule has 0 bridgehead atoms. The lowest BCUT2D eigenvalue weighted by Crippen LogP contribution is -2.06. The predicted octanol–water partition coefficient (Wildman–Crippen LogP) is 11.4. The van der Waals surface area contributed by atoms with Crippen LogP contribution in [0.25, 0.3) is 98.9 Å². The van der Waals surface area contributed by atoms with Crippen molar-refractivity contribution in [2.75, 3.05) is 0 Å². The maximum absolute atomic E-state index is 11.1. The van der Waals surface area contributed by atoms with Crippen LogP contribution in [-0.2, 0) is 0 Å². The Kier molecular flexibility index (Phi) is 5.16. The van der Waals surface area contributed by atoms with Gasteiger partial charge in [-0.1, -0.05) is 72.8 Å². The van der Waals surface area contributed by atoms with Crippen LogP contribution in [-0.4, -0.2) is 9.13 Å². The Bertz CT molecular complexity index is 3360. The van der Waals surface area contributed by atoms with E-state index < -0.39 is 0 Å². The van der Waals surface area contributed by atoms with Crippen LogP contribution in [0.5, 0.6) is 0 Å². The van der Waals surface area contributed by atoms with Crippen molar-refractivity contribution >= 4 is 87.5 Å². The molecule has 11 aromatic rings. The van der Waals surface area contributed by atoms with Gasteiger partial charge < -0.3 is 18.0 Å². The predicted molar refractivity (Wildman–Crippen MR) is 199 cm³/mol. The molecule has 0 aliphatic heterocycles. The van der Waals surface area contributed by atoms with Gasteiger partial charge in [0, 0.05) is 55.2 Å². The zero-order chi connectivity index (χ0) is 33.1. The minimum atomic E-state index is 0.392. The Labute approximate surface area is 283 Å². The summed E-state index contributed by atoms with van der Waals surface area (Å²) >= 11 is 0. The van der Waals surface area contributed by atoms with Crippen LogP contribution < -0.4 is 0 Å². The molecule has 0 unspecified atom stereocenters. The highest BCUT2D eigenvalue weighted by Gasteiger charge is 2.25. The third kappa shape index (κ3) is 3.39. The molecule has 0 aliphatic carbocycles. The summed E-state index contributed by atoms with van der Waals surface area (Å²) in [6.07, 6.45) is 0. The largest absolute Gasteiger partial charge is 0.456 e. The second kappa shape index (κ2) is 9.64. The molecule has 11 rings (SSSR count). The third-order valence-electron chi connectivity index (χ3n) is 10.2. The highest BCUT2D eigenvalue weighted by molar-refractivity contribution is 6.19. The number of hydrogen-bond acceptors (Lipinski definition) is 4. The van der Waals surface area contributed by atoms with Gasteiger partial charge in [-0.05, 0) is 48.5 Å². The summed E-state index contributed by atoms with van der Waals surface area (Å²) in [4.78, 5) is 0. The normalized spacial score (nSPS) is 12.0. The van der Waals surface area contributed by atoms with Gasteiger partial charge in [-0.25, -0.2) is 0 Å². The van der Waals surface area contributed by atoms with E-state index in [0.717, 1.165) is 87.5 Å². The van der Waals surface area contributed by atoms with E-state index in [4.69, 9.17) is 8.83 Å². The monoisotopic (exact) mass is 638 g/mol. The average molecular weight is 639 g/mol. The quantitative estimate of drug-likeness (QED) is 0.189. The minimum Gasteiger partial charge on any atom is -0.456 e. The summed E-state index contributed by atoms with van der Waals surface area (Å²) in [5.74, 6) is 0. The van der Waals surface area contributed by atoms with Gasteiger partial charge in [-0.3, -0.25) is 0 Å². The number of rotatable bonds is 2. The van der Waals surface area contributed by atoms with Gasteiger partial charge in [-0.15, -0.1) is 0 Å². The zero-order valence-corrected chi connectivity index (χ0v) is 26.3. The van der Waals surface area contributed by atoms with Gasteiger partial charge in [0.2, 0.25) is 0 Å². The Hall–Kier alpha value is -7.28. The second-order valence-corrected chi connectivity index (χ2v) is 12.7. The average Bonchev–Trinajstić information content (AvgIpc) is 3.89. The van der Waals surface area contributed by atoms with E-state index in [0.29, 0.717) is 22.5 Å². The Morgan fingerprint density at radius 3 is 1.46 bits per heavy atom. The van der Waals surface area contributed by atoms with E-state index in [1.807, 2.05) is 84.9 Å². The van der Waals surface area contributed by atoms with Crippen molar-refractivity contribution in [2.45, 2.75) is 0 Å². The number of aromatic nitrogens is 2. The van der Waals surface area contributed by atoms with Crippen LogP contribution in [0.1, 0.15) is 11.1 Å². The SMILES string of the molecule is N#Cc1ccc(-n2c3ccccc3c3cc4c(cc32)oc2ccccc24)c(C#N)c1-n1c2ccccc2c2cc3c(cc21)oc1ccccc13. The molecule has 0 N–H and O–H groups in total. The molecule has 7 aromatic carbocycles. The van der Waals surface area contributed by atoms with Gasteiger partial charge >= 0.3 is 0 Å². The lowest BCUT2D eigenvalue weighted by atomic mass is 10.0. The smallest absolute Gasteiger partial charge is 0.137 e. The van der Waals surface area contributed by atoms with Gasteiger partial charge in [0.1, 0.15) is 40.0 Å². The molecule has 4 heterocycles. The van der Waals surface area contributed by atoms with E-state index in [1.54, 1.807) is 0 Å². The standard InChI is InChI=1S/C44H22N4O2/c45-23-25-17-18-37(47-35-13-5-1-9-26(35)30-19-32-28-11-3-7-15-40(28)49-42(32)21-38(30)47)34(24-46)44(25)48-36-14-6-2-10-27(36)31-20-33-29-12-4-8-16-41(29)50-43(33)22-39(31)48/h1-22H. The number of benzene rings is 7. The number of nitriles is 2. The van der Waals surface area contributed by atoms with Gasteiger partial charge in [0.15, 0.2) is 0 Å². The molecule has 0 saturated heterocycles. The van der Waals surface area contributed by atoms with Crippen molar-refractivity contribution in [3.8, 4) is 23.5 Å². The Morgan fingerprint density at radius 2 is 0.900 bits per heavy atom.